The minimum Gasteiger partial charge on any atom is -0.480 e. The van der Waals surface area contributed by atoms with Gasteiger partial charge in [0.25, 0.3) is 0 Å². The number of nitrogens with one attached hydrogen (secondary N) is 5. The number of carboxylic acid groups (broad SMARTS) is 1. The van der Waals surface area contributed by atoms with E-state index in [1.807, 2.05) is 38.1 Å². The van der Waals surface area contributed by atoms with Gasteiger partial charge in [0.2, 0.25) is 17.7 Å². The molecule has 12 heteroatoms. The number of rotatable bonds is 13. The lowest BCUT2D eigenvalue weighted by Crippen LogP contribution is -2.54. The predicted molar refractivity (Wildman–Crippen MR) is 136 cm³/mol. The first-order valence-electron chi connectivity index (χ1n) is 12.0. The van der Waals surface area contributed by atoms with Crippen LogP contribution < -0.4 is 21.7 Å². The van der Waals surface area contributed by atoms with E-state index in [2.05, 4.69) is 30.9 Å². The van der Waals surface area contributed by atoms with E-state index in [0.29, 0.717) is 12.1 Å². The van der Waals surface area contributed by atoms with Crippen LogP contribution in [-0.4, -0.2) is 68.4 Å². The van der Waals surface area contributed by atoms with Gasteiger partial charge in [0, 0.05) is 41.8 Å². The molecule has 3 atom stereocenters. The molecule has 0 bridgehead atoms. The van der Waals surface area contributed by atoms with E-state index < -0.39 is 48.4 Å². The number of nitrogens with two attached hydrogens (primary N) is 1. The molecule has 0 radical (unpaired) electrons. The first-order chi connectivity index (χ1) is 17.6. The Morgan fingerprint density at radius 1 is 1.03 bits per heavy atom. The van der Waals surface area contributed by atoms with Gasteiger partial charge in [0.1, 0.15) is 12.1 Å². The number of carbonyl (C=O) groups excluding carboxylic acids is 3. The summed E-state index contributed by atoms with van der Waals surface area (Å²) >= 11 is 0. The zero-order chi connectivity index (χ0) is 26.9. The maximum Gasteiger partial charge on any atom is 0.326 e. The number of fused-ring (bicyclic) bond motifs is 1. The van der Waals surface area contributed by atoms with Gasteiger partial charge in [-0.25, -0.2) is 9.78 Å². The summed E-state index contributed by atoms with van der Waals surface area (Å²) in [5.41, 5.74) is 8.27. The topological polar surface area (TPSA) is 195 Å². The largest absolute Gasteiger partial charge is 0.480 e. The van der Waals surface area contributed by atoms with E-state index in [1.54, 1.807) is 12.4 Å². The number of aromatic amines is 2. The van der Waals surface area contributed by atoms with Crippen molar-refractivity contribution in [3.63, 3.8) is 0 Å². The average molecular weight is 512 g/mol. The van der Waals surface area contributed by atoms with Crippen LogP contribution in [0.2, 0.25) is 0 Å². The molecule has 2 aromatic heterocycles. The molecule has 37 heavy (non-hydrogen) atoms. The zero-order valence-electron chi connectivity index (χ0n) is 20.8. The molecule has 0 aliphatic rings. The van der Waals surface area contributed by atoms with Gasteiger partial charge in [-0.1, -0.05) is 32.0 Å². The summed E-state index contributed by atoms with van der Waals surface area (Å²) in [5.74, 6) is -2.85. The summed E-state index contributed by atoms with van der Waals surface area (Å²) in [7, 11) is 0. The Morgan fingerprint density at radius 3 is 2.46 bits per heavy atom. The van der Waals surface area contributed by atoms with E-state index in [0.717, 1.165) is 16.5 Å². The van der Waals surface area contributed by atoms with Crippen LogP contribution >= 0.6 is 0 Å². The fourth-order valence-corrected chi connectivity index (χ4v) is 3.96. The normalized spacial score (nSPS) is 13.6. The first kappa shape index (κ1) is 27.4. The zero-order valence-corrected chi connectivity index (χ0v) is 20.8. The van der Waals surface area contributed by atoms with Crippen molar-refractivity contribution >= 4 is 34.6 Å². The maximum atomic E-state index is 12.8. The lowest BCUT2D eigenvalue weighted by atomic mass is 10.0. The van der Waals surface area contributed by atoms with E-state index in [-0.39, 0.29) is 18.8 Å². The molecule has 8 N–H and O–H groups in total. The van der Waals surface area contributed by atoms with Crippen LogP contribution in [0.5, 0.6) is 0 Å². The fraction of sp³-hybridized carbons (Fsp3) is 0.400. The summed E-state index contributed by atoms with van der Waals surface area (Å²) in [6.45, 7) is 3.35. The number of H-pyrrole nitrogens is 2. The second kappa shape index (κ2) is 12.7. The lowest BCUT2D eigenvalue weighted by Gasteiger charge is -2.22. The van der Waals surface area contributed by atoms with Crippen LogP contribution in [0.4, 0.5) is 0 Å². The highest BCUT2D eigenvalue weighted by molar-refractivity contribution is 5.93. The van der Waals surface area contributed by atoms with Gasteiger partial charge in [-0.15, -0.1) is 0 Å². The van der Waals surface area contributed by atoms with Gasteiger partial charge in [-0.05, 0) is 24.0 Å². The quantitative estimate of drug-likeness (QED) is 0.170. The van der Waals surface area contributed by atoms with Gasteiger partial charge in [-0.2, -0.15) is 0 Å². The van der Waals surface area contributed by atoms with Crippen LogP contribution in [-0.2, 0) is 32.0 Å². The number of para-hydroxylation sites is 1. The molecule has 3 aromatic rings. The van der Waals surface area contributed by atoms with Crippen molar-refractivity contribution < 1.29 is 24.3 Å². The van der Waals surface area contributed by atoms with E-state index in [4.69, 9.17) is 5.73 Å². The molecule has 198 valence electrons. The highest BCUT2D eigenvalue weighted by Gasteiger charge is 2.26. The van der Waals surface area contributed by atoms with Gasteiger partial charge in [0.05, 0.1) is 18.9 Å². The smallest absolute Gasteiger partial charge is 0.326 e. The number of imidazole rings is 1. The molecule has 0 aliphatic heterocycles. The Balaban J connectivity index is 1.55. The molecule has 0 fully saturated rings. The highest BCUT2D eigenvalue weighted by Crippen LogP contribution is 2.19. The van der Waals surface area contributed by atoms with Gasteiger partial charge >= 0.3 is 5.97 Å². The fourth-order valence-electron chi connectivity index (χ4n) is 3.96. The molecular weight excluding hydrogens is 478 g/mol. The van der Waals surface area contributed by atoms with Crippen molar-refractivity contribution in [2.45, 2.75) is 51.2 Å². The van der Waals surface area contributed by atoms with Crippen LogP contribution in [0, 0.1) is 5.92 Å². The third kappa shape index (κ3) is 7.90. The van der Waals surface area contributed by atoms with Crippen LogP contribution in [0.25, 0.3) is 10.9 Å². The SMILES string of the molecule is CC(C)CC(NC(=O)C(N)Cc1cnc[nH]1)C(=O)NCC(=O)NC(Cc1c[nH]c2ccccc12)C(=O)O. The Kier molecular flexibility index (Phi) is 9.39. The van der Waals surface area contributed by atoms with Crippen LogP contribution in [0.3, 0.4) is 0 Å². The number of carboxylic acids is 1. The molecule has 2 heterocycles. The van der Waals surface area contributed by atoms with Gasteiger partial charge in [-0.3, -0.25) is 14.4 Å². The van der Waals surface area contributed by atoms with E-state index in [1.165, 1.54) is 6.33 Å². The predicted octanol–water partition coefficient (Wildman–Crippen LogP) is 0.220. The average Bonchev–Trinajstić information content (AvgIpc) is 3.51. The molecule has 3 rings (SSSR count). The van der Waals surface area contributed by atoms with Crippen molar-refractivity contribution in [2.24, 2.45) is 11.7 Å². The summed E-state index contributed by atoms with van der Waals surface area (Å²) in [5, 5.41) is 18.1. The second-order valence-electron chi connectivity index (χ2n) is 9.32. The number of hydrogen-bond acceptors (Lipinski definition) is 6. The third-order valence-corrected chi connectivity index (χ3v) is 5.83. The molecule has 0 aliphatic carbocycles. The molecule has 0 saturated carbocycles. The van der Waals surface area contributed by atoms with Crippen molar-refractivity contribution in [1.82, 2.24) is 30.9 Å². The number of benzene rings is 1. The van der Waals surface area contributed by atoms with Gasteiger partial charge < -0.3 is 36.8 Å². The first-order valence-corrected chi connectivity index (χ1v) is 12.0. The molecule has 12 nitrogen and oxygen atoms in total. The summed E-state index contributed by atoms with van der Waals surface area (Å²) < 4.78 is 0. The molecule has 3 amide bonds. The van der Waals surface area contributed by atoms with Gasteiger partial charge in [0.15, 0.2) is 0 Å². The number of hydrogen-bond donors (Lipinski definition) is 7. The van der Waals surface area contributed by atoms with Crippen LogP contribution in [0.15, 0.2) is 43.0 Å². The minimum atomic E-state index is -1.19. The Labute approximate surface area is 213 Å². The molecule has 0 spiro atoms. The van der Waals surface area contributed by atoms with Crippen molar-refractivity contribution in [1.29, 1.82) is 0 Å². The Morgan fingerprint density at radius 2 is 1.78 bits per heavy atom. The van der Waals surface area contributed by atoms with E-state index in [9.17, 15) is 24.3 Å². The van der Waals surface area contributed by atoms with E-state index >= 15 is 0 Å². The molecule has 1 aromatic carbocycles. The third-order valence-electron chi connectivity index (χ3n) is 5.83. The summed E-state index contributed by atoms with van der Waals surface area (Å²) in [6, 6.07) is 4.46. The Hall–Kier alpha value is -4.19. The van der Waals surface area contributed by atoms with Crippen molar-refractivity contribution in [3.8, 4) is 0 Å². The highest BCUT2D eigenvalue weighted by atomic mass is 16.4. The van der Waals surface area contributed by atoms with Crippen molar-refractivity contribution in [2.75, 3.05) is 6.54 Å². The molecule has 0 saturated heterocycles. The lowest BCUT2D eigenvalue weighted by molar-refractivity contribution is -0.141. The summed E-state index contributed by atoms with van der Waals surface area (Å²) in [6.07, 6.45) is 5.37. The Bertz CT molecular complexity index is 1220. The standard InChI is InChI=1S/C25H33N7O5/c1-14(2)7-20(32-23(34)18(26)9-16-11-27-13-30-16)24(35)29-12-22(33)31-21(25(36)37)8-15-10-28-19-6-4-3-5-17(15)19/h3-6,10-11,13-14,18,20-21,28H,7-9,12,26H2,1-2H3,(H,27,30)(H,29,35)(H,31,33)(H,32,34)(H,36,37). The number of nitrogens with zero attached hydrogens (tertiary/aromatic N) is 1. The maximum absolute atomic E-state index is 12.8. The van der Waals surface area contributed by atoms with Crippen LogP contribution in [0.1, 0.15) is 31.5 Å². The van der Waals surface area contributed by atoms with Crippen molar-refractivity contribution in [3.05, 3.63) is 54.2 Å². The number of carbonyl (C=O) groups is 4. The monoisotopic (exact) mass is 511 g/mol. The number of aromatic nitrogens is 3. The number of amides is 3. The number of aliphatic carboxylic acids is 1. The second-order valence-corrected chi connectivity index (χ2v) is 9.32. The molecule has 3 unspecified atom stereocenters. The summed E-state index contributed by atoms with van der Waals surface area (Å²) in [4.78, 5) is 59.5. The molecular formula is C25H33N7O5. The minimum absolute atomic E-state index is 0.0687.